The minimum atomic E-state index is -0.0185. The summed E-state index contributed by atoms with van der Waals surface area (Å²) in [4.78, 5) is 9.88. The number of ketones is 1. The molecule has 0 spiro atoms. The zero-order chi connectivity index (χ0) is 4.99. The number of rotatable bonds is 2. The van der Waals surface area contributed by atoms with Gasteiger partial charge in [-0.3, -0.25) is 4.79 Å². The van der Waals surface area contributed by atoms with Crippen molar-refractivity contribution in [3.63, 3.8) is 0 Å². The van der Waals surface area contributed by atoms with Crippen LogP contribution in [0.15, 0.2) is 0 Å². The van der Waals surface area contributed by atoms with E-state index in [1.165, 1.54) is 6.92 Å². The fraction of sp³-hybridized carbons (Fsp3) is 0.750. The van der Waals surface area contributed by atoms with Gasteiger partial charge in [-0.1, -0.05) is 0 Å². The first-order valence-corrected chi connectivity index (χ1v) is 1.87. The number of aliphatic hydroxyl groups is 1. The third kappa shape index (κ3) is 10.7. The first kappa shape index (κ1) is 10.3. The number of carbonyl (C=O) groups is 1. The van der Waals surface area contributed by atoms with E-state index >= 15 is 0 Å². The Hall–Kier alpha value is 0.227. The number of aliphatic hydroxyl groups excluding tert-OH is 1. The smallest absolute Gasteiger partial charge is 1.00 e. The van der Waals surface area contributed by atoms with Crippen LogP contribution in [0, 0.1) is 0 Å². The van der Waals surface area contributed by atoms with Crippen LogP contribution in [0.1, 0.15) is 14.8 Å². The van der Waals surface area contributed by atoms with Gasteiger partial charge >= 0.3 is 18.9 Å². The molecule has 7 heavy (non-hydrogen) atoms. The third-order valence-corrected chi connectivity index (χ3v) is 0.464. The van der Waals surface area contributed by atoms with Gasteiger partial charge in [-0.2, -0.15) is 0 Å². The van der Waals surface area contributed by atoms with E-state index < -0.39 is 0 Å². The fourth-order valence-corrected chi connectivity index (χ4v) is 0.157. The molecule has 0 radical (unpaired) electrons. The zero-order valence-electron chi connectivity index (χ0n) is 5.77. The van der Waals surface area contributed by atoms with Gasteiger partial charge < -0.3 is 6.53 Å². The SMILES string of the molecule is CC(=O)CCO.[H-].[Li+]. The summed E-state index contributed by atoms with van der Waals surface area (Å²) in [7, 11) is 0. The van der Waals surface area contributed by atoms with Crippen molar-refractivity contribution in [3.05, 3.63) is 0 Å². The molecule has 0 saturated heterocycles. The van der Waals surface area contributed by atoms with E-state index in [9.17, 15) is 4.79 Å². The van der Waals surface area contributed by atoms with E-state index in [1.807, 2.05) is 0 Å². The summed E-state index contributed by atoms with van der Waals surface area (Å²) in [5.74, 6) is 0.0394. The van der Waals surface area contributed by atoms with E-state index in [-0.39, 0.29) is 32.7 Å². The van der Waals surface area contributed by atoms with Gasteiger partial charge in [0.1, 0.15) is 5.78 Å². The largest absolute Gasteiger partial charge is 1.00 e. The van der Waals surface area contributed by atoms with Crippen LogP contribution in [0.2, 0.25) is 0 Å². The Labute approximate surface area is 56.6 Å². The normalized spacial score (nSPS) is 7.14. The Kier molecular flexibility index (Phi) is 9.13. The minimum absolute atomic E-state index is 0. The predicted molar refractivity (Wildman–Crippen MR) is 23.5 cm³/mol. The summed E-state index contributed by atoms with van der Waals surface area (Å²) < 4.78 is 0. The molecule has 0 aromatic heterocycles. The summed E-state index contributed by atoms with van der Waals surface area (Å²) in [6.07, 6.45) is 0.292. The van der Waals surface area contributed by atoms with Crippen LogP contribution in [0.5, 0.6) is 0 Å². The zero-order valence-corrected chi connectivity index (χ0v) is 4.77. The van der Waals surface area contributed by atoms with E-state index in [0.29, 0.717) is 6.42 Å². The summed E-state index contributed by atoms with van der Waals surface area (Å²) in [6, 6.07) is 0. The molecule has 0 atom stereocenters. The molecule has 0 fully saturated rings. The average molecular weight is 96.1 g/mol. The molecule has 0 bridgehead atoms. The summed E-state index contributed by atoms with van der Waals surface area (Å²) in [5, 5.41) is 8.02. The van der Waals surface area contributed by atoms with Crippen LogP contribution >= 0.6 is 0 Å². The Bertz CT molecular complexity index is 58.0. The molecule has 2 nitrogen and oxygen atoms in total. The first-order valence-electron chi connectivity index (χ1n) is 1.87. The summed E-state index contributed by atoms with van der Waals surface area (Å²) in [6.45, 7) is 1.44. The van der Waals surface area contributed by atoms with Gasteiger partial charge in [0.25, 0.3) is 0 Å². The van der Waals surface area contributed by atoms with E-state index in [1.54, 1.807) is 0 Å². The quantitative estimate of drug-likeness (QED) is 0.374. The van der Waals surface area contributed by atoms with E-state index in [2.05, 4.69) is 0 Å². The maximum atomic E-state index is 9.88. The second-order valence-electron chi connectivity index (χ2n) is 1.18. The second-order valence-corrected chi connectivity index (χ2v) is 1.18. The molecule has 0 aromatic rings. The topological polar surface area (TPSA) is 37.3 Å². The molecule has 0 saturated carbocycles. The first-order chi connectivity index (χ1) is 2.77. The van der Waals surface area contributed by atoms with Crippen LogP contribution in [0.25, 0.3) is 0 Å². The van der Waals surface area contributed by atoms with Crippen molar-refractivity contribution in [2.45, 2.75) is 13.3 Å². The maximum Gasteiger partial charge on any atom is 1.00 e. The van der Waals surface area contributed by atoms with Gasteiger partial charge in [-0.25, -0.2) is 0 Å². The van der Waals surface area contributed by atoms with E-state index in [4.69, 9.17) is 5.11 Å². The molecule has 0 unspecified atom stereocenters. The summed E-state index contributed by atoms with van der Waals surface area (Å²) >= 11 is 0. The van der Waals surface area contributed by atoms with Gasteiger partial charge in [-0.05, 0) is 6.92 Å². The number of Topliss-reactive ketones (excluding diaryl/α,β-unsaturated/α-hetero) is 1. The van der Waals surface area contributed by atoms with E-state index in [0.717, 1.165) is 0 Å². The van der Waals surface area contributed by atoms with Gasteiger partial charge in [0, 0.05) is 13.0 Å². The Morgan fingerprint density at radius 2 is 2.29 bits per heavy atom. The maximum absolute atomic E-state index is 9.88. The molecule has 0 heterocycles. The summed E-state index contributed by atoms with van der Waals surface area (Å²) in [5.41, 5.74) is 0. The van der Waals surface area contributed by atoms with Crippen molar-refractivity contribution in [1.29, 1.82) is 0 Å². The van der Waals surface area contributed by atoms with Crippen molar-refractivity contribution in [1.82, 2.24) is 0 Å². The monoisotopic (exact) mass is 96.1 g/mol. The molecule has 0 aliphatic rings. The Morgan fingerprint density at radius 3 is 2.29 bits per heavy atom. The van der Waals surface area contributed by atoms with Gasteiger partial charge in [0.2, 0.25) is 0 Å². The van der Waals surface area contributed by atoms with Crippen LogP contribution < -0.4 is 18.9 Å². The fourth-order valence-electron chi connectivity index (χ4n) is 0.157. The molecule has 0 rings (SSSR count). The molecule has 0 aliphatic heterocycles. The van der Waals surface area contributed by atoms with Crippen LogP contribution in [0.3, 0.4) is 0 Å². The molecule has 38 valence electrons. The molecular formula is C4H9LiO2. The van der Waals surface area contributed by atoms with Crippen molar-refractivity contribution in [2.75, 3.05) is 6.61 Å². The molecule has 0 aromatic carbocycles. The van der Waals surface area contributed by atoms with Gasteiger partial charge in [0.05, 0.1) is 0 Å². The van der Waals surface area contributed by atoms with Crippen molar-refractivity contribution in [2.24, 2.45) is 0 Å². The van der Waals surface area contributed by atoms with Crippen molar-refractivity contribution >= 4 is 5.78 Å². The molecule has 0 aliphatic carbocycles. The Morgan fingerprint density at radius 1 is 1.86 bits per heavy atom. The van der Waals surface area contributed by atoms with Gasteiger partial charge in [-0.15, -0.1) is 0 Å². The van der Waals surface area contributed by atoms with Crippen LogP contribution in [-0.4, -0.2) is 17.5 Å². The van der Waals surface area contributed by atoms with Crippen LogP contribution in [0.4, 0.5) is 0 Å². The average Bonchev–Trinajstić information content (AvgIpc) is 1.35. The van der Waals surface area contributed by atoms with Crippen molar-refractivity contribution in [3.8, 4) is 0 Å². The Balaban J connectivity index is -0.000000125. The predicted octanol–water partition coefficient (Wildman–Crippen LogP) is -2.93. The number of hydrogen-bond acceptors (Lipinski definition) is 2. The molecule has 0 amide bonds. The standard InChI is InChI=1S/C4H8O2.Li.H/c1-4(6)2-3-5;;/h5H,2-3H2,1H3;;/q;+1;-1. The minimum Gasteiger partial charge on any atom is -1.00 e. The molecular weight excluding hydrogens is 87.0 g/mol. The molecule has 3 heteroatoms. The number of carbonyl (C=O) groups excluding carboxylic acids is 1. The number of hydrogen-bond donors (Lipinski definition) is 1. The van der Waals surface area contributed by atoms with Crippen molar-refractivity contribution < 1.29 is 30.2 Å². The molecule has 1 N–H and O–H groups in total. The van der Waals surface area contributed by atoms with Crippen LogP contribution in [-0.2, 0) is 4.79 Å². The second kappa shape index (κ2) is 6.23. The van der Waals surface area contributed by atoms with Gasteiger partial charge in [0.15, 0.2) is 0 Å². The third-order valence-electron chi connectivity index (χ3n) is 0.464.